The number of carbonyl (C=O) groups is 1. The average molecular weight is 330 g/mol. The van der Waals surface area contributed by atoms with E-state index < -0.39 is 5.60 Å². The zero-order valence-electron chi connectivity index (χ0n) is 15.3. The van der Waals surface area contributed by atoms with Gasteiger partial charge in [0.2, 0.25) is 0 Å². The number of hydrogen-bond donors (Lipinski definition) is 0. The maximum Gasteiger partial charge on any atom is 0.410 e. The maximum atomic E-state index is 12.5. The van der Waals surface area contributed by atoms with Crippen LogP contribution < -0.4 is 0 Å². The highest BCUT2D eigenvalue weighted by Crippen LogP contribution is 2.38. The Labute approximate surface area is 145 Å². The first-order chi connectivity index (χ1) is 11.4. The molecule has 1 spiro atoms. The largest absolute Gasteiger partial charge is 0.444 e. The van der Waals surface area contributed by atoms with Crippen molar-refractivity contribution < 1.29 is 9.53 Å². The third-order valence-corrected chi connectivity index (χ3v) is 5.16. The third kappa shape index (κ3) is 3.92. The fraction of sp³-hybridized carbons (Fsp3) is 0.650. The van der Waals surface area contributed by atoms with Gasteiger partial charge in [0.25, 0.3) is 0 Å². The van der Waals surface area contributed by atoms with E-state index in [4.69, 9.17) is 4.74 Å². The first kappa shape index (κ1) is 17.3. The molecule has 2 aliphatic rings. The van der Waals surface area contributed by atoms with Crippen molar-refractivity contribution >= 4 is 6.09 Å². The van der Waals surface area contributed by atoms with Gasteiger partial charge in [-0.25, -0.2) is 4.79 Å². The highest BCUT2D eigenvalue weighted by atomic mass is 16.6. The van der Waals surface area contributed by atoms with Crippen LogP contribution in [0, 0.1) is 0 Å². The summed E-state index contributed by atoms with van der Waals surface area (Å²) in [5.74, 6) is 0. The van der Waals surface area contributed by atoms with E-state index in [-0.39, 0.29) is 11.6 Å². The number of benzene rings is 1. The van der Waals surface area contributed by atoms with Crippen LogP contribution in [0.1, 0.15) is 52.0 Å². The Kier molecular flexibility index (Phi) is 4.86. The van der Waals surface area contributed by atoms with Crippen LogP contribution in [0.5, 0.6) is 0 Å². The van der Waals surface area contributed by atoms with Crippen LogP contribution in [-0.4, -0.2) is 46.7 Å². The van der Waals surface area contributed by atoms with Gasteiger partial charge < -0.3 is 9.64 Å². The SMILES string of the molecule is CC(C)(C)OC(=O)N1CCC[C@]2(CCCN2Cc2ccccc2)C1. The summed E-state index contributed by atoms with van der Waals surface area (Å²) in [6, 6.07) is 10.7. The van der Waals surface area contributed by atoms with Gasteiger partial charge in [0.05, 0.1) is 0 Å². The molecule has 2 saturated heterocycles. The Morgan fingerprint density at radius 1 is 1.12 bits per heavy atom. The predicted octanol–water partition coefficient (Wildman–Crippen LogP) is 4.05. The topological polar surface area (TPSA) is 32.8 Å². The molecule has 2 fully saturated rings. The summed E-state index contributed by atoms with van der Waals surface area (Å²) >= 11 is 0. The van der Waals surface area contributed by atoms with E-state index in [1.54, 1.807) is 0 Å². The molecule has 1 aromatic carbocycles. The van der Waals surface area contributed by atoms with Gasteiger partial charge in [-0.1, -0.05) is 30.3 Å². The average Bonchev–Trinajstić information content (AvgIpc) is 2.89. The highest BCUT2D eigenvalue weighted by Gasteiger charge is 2.45. The van der Waals surface area contributed by atoms with Gasteiger partial charge in [-0.3, -0.25) is 4.90 Å². The minimum absolute atomic E-state index is 0.130. The van der Waals surface area contributed by atoms with E-state index in [9.17, 15) is 4.79 Å². The summed E-state index contributed by atoms with van der Waals surface area (Å²) in [5, 5.41) is 0. The Balaban J connectivity index is 1.70. The van der Waals surface area contributed by atoms with Crippen molar-refractivity contribution in [2.45, 2.75) is 64.1 Å². The summed E-state index contributed by atoms with van der Waals surface area (Å²) in [4.78, 5) is 17.0. The maximum absolute atomic E-state index is 12.5. The van der Waals surface area contributed by atoms with Gasteiger partial charge in [-0.2, -0.15) is 0 Å². The van der Waals surface area contributed by atoms with E-state index in [0.717, 1.165) is 32.6 Å². The molecule has 132 valence electrons. The molecule has 1 aromatic rings. The van der Waals surface area contributed by atoms with Gasteiger partial charge in [0.15, 0.2) is 0 Å². The van der Waals surface area contributed by atoms with Crippen LogP contribution in [0.3, 0.4) is 0 Å². The van der Waals surface area contributed by atoms with Crippen LogP contribution in [0.25, 0.3) is 0 Å². The zero-order valence-corrected chi connectivity index (χ0v) is 15.3. The number of nitrogens with zero attached hydrogens (tertiary/aromatic N) is 2. The second kappa shape index (κ2) is 6.75. The van der Waals surface area contributed by atoms with Crippen LogP contribution in [0.4, 0.5) is 4.79 Å². The molecule has 2 heterocycles. The minimum Gasteiger partial charge on any atom is -0.444 e. The second-order valence-electron chi connectivity index (χ2n) is 8.24. The fourth-order valence-corrected chi connectivity index (χ4v) is 4.10. The van der Waals surface area contributed by atoms with E-state index in [0.29, 0.717) is 0 Å². The lowest BCUT2D eigenvalue weighted by molar-refractivity contribution is -0.00651. The smallest absolute Gasteiger partial charge is 0.410 e. The Hall–Kier alpha value is -1.55. The standard InChI is InChI=1S/C20H30N2O2/c1-19(2,3)24-18(23)21-13-7-11-20(16-21)12-8-14-22(20)15-17-9-5-4-6-10-17/h4-6,9-10H,7-8,11-16H2,1-3H3/t20-/m0/s1. The van der Waals surface area contributed by atoms with Gasteiger partial charge in [-0.15, -0.1) is 0 Å². The molecule has 3 rings (SSSR count). The molecule has 0 bridgehead atoms. The molecule has 0 saturated carbocycles. The molecule has 0 unspecified atom stereocenters. The van der Waals surface area contributed by atoms with Crippen molar-refractivity contribution in [3.63, 3.8) is 0 Å². The van der Waals surface area contributed by atoms with Crippen LogP contribution in [-0.2, 0) is 11.3 Å². The molecular weight excluding hydrogens is 300 g/mol. The number of carbonyl (C=O) groups excluding carboxylic acids is 1. The Morgan fingerprint density at radius 3 is 2.46 bits per heavy atom. The summed E-state index contributed by atoms with van der Waals surface area (Å²) in [6.07, 6.45) is 4.48. The van der Waals surface area contributed by atoms with Gasteiger partial charge in [0.1, 0.15) is 5.60 Å². The molecule has 2 aliphatic heterocycles. The monoisotopic (exact) mass is 330 g/mol. The third-order valence-electron chi connectivity index (χ3n) is 5.16. The van der Waals surface area contributed by atoms with Crippen molar-refractivity contribution in [2.24, 2.45) is 0 Å². The van der Waals surface area contributed by atoms with Gasteiger partial charge >= 0.3 is 6.09 Å². The molecule has 4 heteroatoms. The van der Waals surface area contributed by atoms with E-state index in [1.807, 2.05) is 25.7 Å². The summed E-state index contributed by atoms with van der Waals surface area (Å²) in [7, 11) is 0. The quantitative estimate of drug-likeness (QED) is 0.820. The lowest BCUT2D eigenvalue weighted by Gasteiger charge is -2.46. The minimum atomic E-state index is -0.429. The number of amides is 1. The molecule has 4 nitrogen and oxygen atoms in total. The van der Waals surface area contributed by atoms with Crippen LogP contribution in [0.15, 0.2) is 30.3 Å². The molecule has 0 aliphatic carbocycles. The summed E-state index contributed by atoms with van der Waals surface area (Å²) < 4.78 is 5.60. The summed E-state index contributed by atoms with van der Waals surface area (Å²) in [6.45, 7) is 9.51. The van der Waals surface area contributed by atoms with Crippen molar-refractivity contribution in [2.75, 3.05) is 19.6 Å². The van der Waals surface area contributed by atoms with E-state index in [1.165, 1.54) is 24.8 Å². The predicted molar refractivity (Wildman–Crippen MR) is 95.9 cm³/mol. The van der Waals surface area contributed by atoms with Crippen molar-refractivity contribution in [3.8, 4) is 0 Å². The van der Waals surface area contributed by atoms with Crippen molar-refractivity contribution in [1.29, 1.82) is 0 Å². The number of rotatable bonds is 2. The molecule has 0 N–H and O–H groups in total. The summed E-state index contributed by atoms with van der Waals surface area (Å²) in [5.41, 5.74) is 1.06. The first-order valence-electron chi connectivity index (χ1n) is 9.15. The lowest BCUT2D eigenvalue weighted by atomic mass is 9.86. The zero-order chi connectivity index (χ0) is 17.2. The molecule has 1 atom stereocenters. The molecule has 24 heavy (non-hydrogen) atoms. The van der Waals surface area contributed by atoms with E-state index in [2.05, 4.69) is 35.2 Å². The first-order valence-corrected chi connectivity index (χ1v) is 9.15. The van der Waals surface area contributed by atoms with Crippen LogP contribution in [0.2, 0.25) is 0 Å². The normalized spacial score (nSPS) is 25.2. The molecule has 1 amide bonds. The van der Waals surface area contributed by atoms with Crippen molar-refractivity contribution in [1.82, 2.24) is 9.80 Å². The molecule has 0 radical (unpaired) electrons. The Bertz CT molecular complexity index is 567. The lowest BCUT2D eigenvalue weighted by Crippen LogP contribution is -2.57. The van der Waals surface area contributed by atoms with Crippen molar-refractivity contribution in [3.05, 3.63) is 35.9 Å². The highest BCUT2D eigenvalue weighted by molar-refractivity contribution is 5.68. The number of hydrogen-bond acceptors (Lipinski definition) is 3. The second-order valence-corrected chi connectivity index (χ2v) is 8.24. The Morgan fingerprint density at radius 2 is 1.79 bits per heavy atom. The molecule has 0 aromatic heterocycles. The fourth-order valence-electron chi connectivity index (χ4n) is 4.10. The van der Waals surface area contributed by atoms with Gasteiger partial charge in [0, 0.05) is 25.2 Å². The number of ether oxygens (including phenoxy) is 1. The van der Waals surface area contributed by atoms with Gasteiger partial charge in [-0.05, 0) is 58.6 Å². The number of likely N-dealkylation sites (tertiary alicyclic amines) is 2. The molecular formula is C20H30N2O2. The van der Waals surface area contributed by atoms with Crippen LogP contribution >= 0.6 is 0 Å². The number of piperidine rings is 1. The van der Waals surface area contributed by atoms with E-state index >= 15 is 0 Å².